The van der Waals surface area contributed by atoms with E-state index in [1.54, 1.807) is 31.2 Å². The molecule has 126 valence electrons. The smallest absolute Gasteiger partial charge is 0.274 e. The molecule has 0 atom stereocenters. The predicted molar refractivity (Wildman–Crippen MR) is 90.8 cm³/mol. The van der Waals surface area contributed by atoms with E-state index in [1.165, 1.54) is 30.3 Å². The van der Waals surface area contributed by atoms with E-state index in [0.29, 0.717) is 5.82 Å². The molecule has 0 unspecified atom stereocenters. The molecule has 1 aromatic heterocycles. The van der Waals surface area contributed by atoms with Crippen LogP contribution in [0.3, 0.4) is 0 Å². The highest BCUT2D eigenvalue weighted by Crippen LogP contribution is 2.19. The zero-order valence-electron chi connectivity index (χ0n) is 13.3. The highest BCUT2D eigenvalue weighted by molar-refractivity contribution is 6.03. The zero-order valence-corrected chi connectivity index (χ0v) is 13.3. The van der Waals surface area contributed by atoms with Gasteiger partial charge in [-0.1, -0.05) is 24.3 Å². The Labute approximate surface area is 142 Å². The summed E-state index contributed by atoms with van der Waals surface area (Å²) < 4.78 is 27.4. The van der Waals surface area contributed by atoms with Gasteiger partial charge in [0.1, 0.15) is 29.0 Å². The molecule has 3 aromatic rings. The van der Waals surface area contributed by atoms with E-state index in [4.69, 9.17) is 0 Å². The summed E-state index contributed by atoms with van der Waals surface area (Å²) in [5.74, 6) is -1.01. The molecule has 0 aliphatic rings. The molecule has 0 spiro atoms. The van der Waals surface area contributed by atoms with Crippen LogP contribution in [0, 0.1) is 18.6 Å². The molecule has 2 N–H and O–H groups in total. The van der Waals surface area contributed by atoms with Crippen LogP contribution < -0.4 is 10.6 Å². The van der Waals surface area contributed by atoms with Gasteiger partial charge in [0.15, 0.2) is 0 Å². The predicted octanol–water partition coefficient (Wildman–Crippen LogP) is 4.06. The van der Waals surface area contributed by atoms with Crippen molar-refractivity contribution >= 4 is 23.1 Å². The van der Waals surface area contributed by atoms with Gasteiger partial charge >= 0.3 is 0 Å². The van der Waals surface area contributed by atoms with E-state index < -0.39 is 17.5 Å². The summed E-state index contributed by atoms with van der Waals surface area (Å²) >= 11 is 0. The lowest BCUT2D eigenvalue weighted by Crippen LogP contribution is -2.16. The lowest BCUT2D eigenvalue weighted by atomic mass is 10.2. The second kappa shape index (κ2) is 7.04. The Morgan fingerprint density at radius 1 is 0.920 bits per heavy atom. The SMILES string of the molecule is Cc1nc(Nc2ccccc2F)cc(C(=O)Nc2ccccc2F)n1. The normalized spacial score (nSPS) is 10.4. The number of rotatable bonds is 4. The average Bonchev–Trinajstić information content (AvgIpc) is 2.58. The molecule has 0 radical (unpaired) electrons. The summed E-state index contributed by atoms with van der Waals surface area (Å²) in [6.45, 7) is 1.60. The second-order valence-corrected chi connectivity index (χ2v) is 5.22. The monoisotopic (exact) mass is 340 g/mol. The first-order valence-corrected chi connectivity index (χ1v) is 7.46. The van der Waals surface area contributed by atoms with E-state index in [9.17, 15) is 13.6 Å². The number of aryl methyl sites for hydroxylation is 1. The summed E-state index contributed by atoms with van der Waals surface area (Å²) in [6, 6.07) is 13.3. The lowest BCUT2D eigenvalue weighted by Gasteiger charge is -2.10. The molecule has 0 fully saturated rings. The molecule has 0 bridgehead atoms. The van der Waals surface area contributed by atoms with Crippen LogP contribution in [0.25, 0.3) is 0 Å². The third kappa shape index (κ3) is 3.95. The standard InChI is InChI=1S/C18H14F2N4O/c1-11-21-16(18(25)24-15-9-5-3-7-13(15)20)10-17(22-11)23-14-8-4-2-6-12(14)19/h2-10H,1H3,(H,24,25)(H,21,22,23). The molecule has 0 aliphatic heterocycles. The van der Waals surface area contributed by atoms with Gasteiger partial charge < -0.3 is 10.6 Å². The number of amides is 1. The Kier molecular flexibility index (Phi) is 4.65. The maximum atomic E-state index is 13.7. The van der Waals surface area contributed by atoms with E-state index in [0.717, 1.165) is 0 Å². The maximum absolute atomic E-state index is 13.7. The number of carbonyl (C=O) groups excluding carboxylic acids is 1. The molecule has 0 saturated carbocycles. The summed E-state index contributed by atoms with van der Waals surface area (Å²) in [5, 5.41) is 5.25. The van der Waals surface area contributed by atoms with Crippen molar-refractivity contribution in [1.29, 1.82) is 0 Å². The lowest BCUT2D eigenvalue weighted by molar-refractivity contribution is 0.102. The van der Waals surface area contributed by atoms with Crippen LogP contribution in [0.4, 0.5) is 26.0 Å². The van der Waals surface area contributed by atoms with Gasteiger partial charge in [0.25, 0.3) is 5.91 Å². The maximum Gasteiger partial charge on any atom is 0.274 e. The van der Waals surface area contributed by atoms with E-state index >= 15 is 0 Å². The number of nitrogens with zero attached hydrogens (tertiary/aromatic N) is 2. The average molecular weight is 340 g/mol. The summed E-state index contributed by atoms with van der Waals surface area (Å²) in [5.41, 5.74) is 0.308. The van der Waals surface area contributed by atoms with Crippen molar-refractivity contribution < 1.29 is 13.6 Å². The molecule has 2 aromatic carbocycles. The van der Waals surface area contributed by atoms with Crippen LogP contribution >= 0.6 is 0 Å². The number of para-hydroxylation sites is 2. The molecule has 7 heteroatoms. The van der Waals surface area contributed by atoms with Crippen molar-refractivity contribution in [3.8, 4) is 0 Å². The fourth-order valence-corrected chi connectivity index (χ4v) is 2.20. The van der Waals surface area contributed by atoms with Crippen LogP contribution in [0.1, 0.15) is 16.3 Å². The molecule has 25 heavy (non-hydrogen) atoms. The summed E-state index contributed by atoms with van der Waals surface area (Å²) in [6.07, 6.45) is 0. The van der Waals surface area contributed by atoms with Gasteiger partial charge in [0.05, 0.1) is 11.4 Å². The third-order valence-electron chi connectivity index (χ3n) is 3.33. The van der Waals surface area contributed by atoms with Crippen LogP contribution in [0.5, 0.6) is 0 Å². The van der Waals surface area contributed by atoms with Crippen molar-refractivity contribution in [2.45, 2.75) is 6.92 Å². The van der Waals surface area contributed by atoms with Crippen molar-refractivity contribution in [2.24, 2.45) is 0 Å². The van der Waals surface area contributed by atoms with Crippen molar-refractivity contribution in [1.82, 2.24) is 9.97 Å². The van der Waals surface area contributed by atoms with Gasteiger partial charge in [-0.25, -0.2) is 18.7 Å². The molecular formula is C18H14F2N4O. The Balaban J connectivity index is 1.85. The van der Waals surface area contributed by atoms with Gasteiger partial charge in [0.2, 0.25) is 0 Å². The van der Waals surface area contributed by atoms with Gasteiger partial charge in [-0.3, -0.25) is 4.79 Å². The van der Waals surface area contributed by atoms with Crippen molar-refractivity contribution in [2.75, 3.05) is 10.6 Å². The van der Waals surface area contributed by atoms with Crippen molar-refractivity contribution in [3.05, 3.63) is 77.8 Å². The van der Waals surface area contributed by atoms with E-state index in [1.807, 2.05) is 0 Å². The van der Waals surface area contributed by atoms with Gasteiger partial charge in [-0.2, -0.15) is 0 Å². The molecule has 5 nitrogen and oxygen atoms in total. The van der Waals surface area contributed by atoms with E-state index in [-0.39, 0.29) is 22.9 Å². The first-order valence-electron chi connectivity index (χ1n) is 7.46. The minimum absolute atomic E-state index is 0.0367. The van der Waals surface area contributed by atoms with Crippen LogP contribution in [0.2, 0.25) is 0 Å². The quantitative estimate of drug-likeness (QED) is 0.752. The number of nitrogens with one attached hydrogen (secondary N) is 2. The summed E-state index contributed by atoms with van der Waals surface area (Å²) in [7, 11) is 0. The Morgan fingerprint density at radius 2 is 1.52 bits per heavy atom. The van der Waals surface area contributed by atoms with E-state index in [2.05, 4.69) is 20.6 Å². The molecular weight excluding hydrogens is 326 g/mol. The number of anilines is 3. The van der Waals surface area contributed by atoms with Gasteiger partial charge in [0, 0.05) is 6.07 Å². The number of hydrogen-bond donors (Lipinski definition) is 2. The third-order valence-corrected chi connectivity index (χ3v) is 3.33. The Hall–Kier alpha value is -3.35. The fourth-order valence-electron chi connectivity index (χ4n) is 2.20. The molecule has 1 amide bonds. The number of hydrogen-bond acceptors (Lipinski definition) is 4. The zero-order chi connectivity index (χ0) is 17.8. The minimum Gasteiger partial charge on any atom is -0.338 e. The van der Waals surface area contributed by atoms with Crippen molar-refractivity contribution in [3.63, 3.8) is 0 Å². The van der Waals surface area contributed by atoms with Gasteiger partial charge in [-0.05, 0) is 31.2 Å². The number of halogens is 2. The highest BCUT2D eigenvalue weighted by Gasteiger charge is 2.13. The number of benzene rings is 2. The largest absolute Gasteiger partial charge is 0.338 e. The molecule has 3 rings (SSSR count). The second-order valence-electron chi connectivity index (χ2n) is 5.22. The molecule has 1 heterocycles. The number of aromatic nitrogens is 2. The number of carbonyl (C=O) groups is 1. The highest BCUT2D eigenvalue weighted by atomic mass is 19.1. The van der Waals surface area contributed by atoms with Crippen LogP contribution in [0.15, 0.2) is 54.6 Å². The first kappa shape index (κ1) is 16.5. The fraction of sp³-hybridized carbons (Fsp3) is 0.0556. The molecule has 0 aliphatic carbocycles. The topological polar surface area (TPSA) is 66.9 Å². The Morgan fingerprint density at radius 3 is 2.16 bits per heavy atom. The molecule has 0 saturated heterocycles. The summed E-state index contributed by atoms with van der Waals surface area (Å²) in [4.78, 5) is 20.5. The van der Waals surface area contributed by atoms with Gasteiger partial charge in [-0.15, -0.1) is 0 Å². The Bertz CT molecular complexity index is 930. The first-order chi connectivity index (χ1) is 12.0. The van der Waals surface area contributed by atoms with Crippen LogP contribution in [-0.2, 0) is 0 Å². The minimum atomic E-state index is -0.591. The van der Waals surface area contributed by atoms with Crippen LogP contribution in [-0.4, -0.2) is 15.9 Å².